The van der Waals surface area contributed by atoms with Gasteiger partial charge in [-0.1, -0.05) is 22.0 Å². The Labute approximate surface area is 137 Å². The summed E-state index contributed by atoms with van der Waals surface area (Å²) in [6, 6.07) is 9.56. The van der Waals surface area contributed by atoms with Crippen molar-refractivity contribution in [1.29, 1.82) is 0 Å². The van der Waals surface area contributed by atoms with Gasteiger partial charge < -0.3 is 5.32 Å². The van der Waals surface area contributed by atoms with E-state index in [9.17, 15) is 4.79 Å². The van der Waals surface area contributed by atoms with Crippen LogP contribution in [0.3, 0.4) is 0 Å². The van der Waals surface area contributed by atoms with E-state index in [1.165, 1.54) is 0 Å². The standard InChI is InChI=1S/C13H11Br2N3OS/c14-9-3-4-12(11(15)6-9)16-8-13(19)18-17-7-10-2-1-5-20-10/h1-7,16H,8H2,(H,18,19). The summed E-state index contributed by atoms with van der Waals surface area (Å²) in [7, 11) is 0. The van der Waals surface area contributed by atoms with Crippen LogP contribution >= 0.6 is 43.2 Å². The SMILES string of the molecule is O=C(CNc1ccc(Br)cc1Br)NN=Cc1cccs1. The number of hydrazone groups is 1. The predicted molar refractivity (Wildman–Crippen MR) is 90.4 cm³/mol. The highest BCUT2D eigenvalue weighted by molar-refractivity contribution is 9.11. The Kier molecular flexibility index (Phi) is 5.75. The molecule has 0 aliphatic carbocycles. The monoisotopic (exact) mass is 415 g/mol. The Hall–Kier alpha value is -1.18. The Morgan fingerprint density at radius 3 is 2.90 bits per heavy atom. The summed E-state index contributed by atoms with van der Waals surface area (Å²) in [6.07, 6.45) is 1.62. The van der Waals surface area contributed by atoms with Crippen molar-refractivity contribution in [3.8, 4) is 0 Å². The summed E-state index contributed by atoms with van der Waals surface area (Å²) in [6.45, 7) is 0.155. The zero-order valence-corrected chi connectivity index (χ0v) is 14.3. The Bertz CT molecular complexity index is 614. The molecule has 0 aliphatic rings. The summed E-state index contributed by atoms with van der Waals surface area (Å²) >= 11 is 8.36. The van der Waals surface area contributed by atoms with E-state index < -0.39 is 0 Å². The second-order valence-corrected chi connectivity index (χ2v) is 6.54. The quantitative estimate of drug-likeness (QED) is 0.574. The highest BCUT2D eigenvalue weighted by atomic mass is 79.9. The molecule has 0 atom stereocenters. The Balaban J connectivity index is 1.80. The Morgan fingerprint density at radius 1 is 1.35 bits per heavy atom. The number of thiophene rings is 1. The van der Waals surface area contributed by atoms with Crippen LogP contribution in [0.15, 0.2) is 49.8 Å². The Morgan fingerprint density at radius 2 is 2.20 bits per heavy atom. The smallest absolute Gasteiger partial charge is 0.259 e. The van der Waals surface area contributed by atoms with Gasteiger partial charge >= 0.3 is 0 Å². The van der Waals surface area contributed by atoms with Gasteiger partial charge in [0.1, 0.15) is 0 Å². The van der Waals surface area contributed by atoms with Gasteiger partial charge in [-0.3, -0.25) is 4.79 Å². The van der Waals surface area contributed by atoms with Crippen LogP contribution < -0.4 is 10.7 Å². The van der Waals surface area contributed by atoms with E-state index in [2.05, 4.69) is 47.7 Å². The number of carbonyl (C=O) groups is 1. The summed E-state index contributed by atoms with van der Waals surface area (Å²) in [5, 5.41) is 8.88. The maximum absolute atomic E-state index is 11.6. The largest absolute Gasteiger partial charge is 0.375 e. The molecule has 2 aromatic rings. The molecule has 1 heterocycles. The van der Waals surface area contributed by atoms with Crippen molar-refractivity contribution in [2.45, 2.75) is 0 Å². The average molecular weight is 417 g/mol. The molecule has 0 saturated heterocycles. The normalized spacial score (nSPS) is 10.7. The van der Waals surface area contributed by atoms with Gasteiger partial charge in [-0.15, -0.1) is 11.3 Å². The van der Waals surface area contributed by atoms with Crippen LogP contribution in [0.1, 0.15) is 4.88 Å². The fourth-order valence-corrected chi connectivity index (χ4v) is 3.15. The number of rotatable bonds is 5. The molecule has 1 aromatic carbocycles. The van der Waals surface area contributed by atoms with E-state index in [1.807, 2.05) is 35.7 Å². The molecule has 0 aliphatic heterocycles. The number of hydrogen-bond donors (Lipinski definition) is 2. The number of halogens is 2. The van der Waals surface area contributed by atoms with Crippen molar-refractivity contribution in [3.05, 3.63) is 49.5 Å². The van der Waals surface area contributed by atoms with Gasteiger partial charge in [-0.2, -0.15) is 5.10 Å². The van der Waals surface area contributed by atoms with E-state index in [0.29, 0.717) is 0 Å². The second-order valence-electron chi connectivity index (χ2n) is 3.79. The first-order valence-electron chi connectivity index (χ1n) is 5.69. The summed E-state index contributed by atoms with van der Waals surface area (Å²) in [5.41, 5.74) is 3.32. The number of anilines is 1. The fraction of sp³-hybridized carbons (Fsp3) is 0.0769. The van der Waals surface area contributed by atoms with Gasteiger partial charge in [0, 0.05) is 19.5 Å². The highest BCUT2D eigenvalue weighted by Crippen LogP contribution is 2.25. The van der Waals surface area contributed by atoms with Crippen molar-refractivity contribution in [2.75, 3.05) is 11.9 Å². The third-order valence-electron chi connectivity index (χ3n) is 2.29. The first-order valence-corrected chi connectivity index (χ1v) is 8.16. The lowest BCUT2D eigenvalue weighted by atomic mass is 10.3. The lowest BCUT2D eigenvalue weighted by Gasteiger charge is -2.07. The van der Waals surface area contributed by atoms with Crippen molar-refractivity contribution in [1.82, 2.24) is 5.43 Å². The number of carbonyl (C=O) groups excluding carboxylic acids is 1. The minimum Gasteiger partial charge on any atom is -0.375 e. The molecular weight excluding hydrogens is 406 g/mol. The molecule has 4 nitrogen and oxygen atoms in total. The summed E-state index contributed by atoms with van der Waals surface area (Å²) in [4.78, 5) is 12.6. The van der Waals surface area contributed by atoms with Crippen LogP contribution in [0.2, 0.25) is 0 Å². The van der Waals surface area contributed by atoms with Crippen LogP contribution in [0.25, 0.3) is 0 Å². The van der Waals surface area contributed by atoms with Crippen LogP contribution in [0.5, 0.6) is 0 Å². The highest BCUT2D eigenvalue weighted by Gasteiger charge is 2.03. The first-order chi connectivity index (χ1) is 9.65. The lowest BCUT2D eigenvalue weighted by molar-refractivity contribution is -0.119. The summed E-state index contributed by atoms with van der Waals surface area (Å²) in [5.74, 6) is -0.201. The summed E-state index contributed by atoms with van der Waals surface area (Å²) < 4.78 is 1.86. The van der Waals surface area contributed by atoms with Crippen LogP contribution in [0, 0.1) is 0 Å². The number of nitrogens with zero attached hydrogens (tertiary/aromatic N) is 1. The van der Waals surface area contributed by atoms with Gasteiger partial charge in [0.2, 0.25) is 0 Å². The van der Waals surface area contributed by atoms with E-state index in [4.69, 9.17) is 0 Å². The predicted octanol–water partition coefficient (Wildman–Crippen LogP) is 3.84. The average Bonchev–Trinajstić information content (AvgIpc) is 2.91. The molecule has 0 radical (unpaired) electrons. The maximum atomic E-state index is 11.6. The molecule has 2 N–H and O–H groups in total. The molecule has 1 aromatic heterocycles. The van der Waals surface area contributed by atoms with Crippen LogP contribution in [-0.4, -0.2) is 18.7 Å². The van der Waals surface area contributed by atoms with Crippen molar-refractivity contribution < 1.29 is 4.79 Å². The van der Waals surface area contributed by atoms with Crippen molar-refractivity contribution in [3.63, 3.8) is 0 Å². The number of hydrogen-bond acceptors (Lipinski definition) is 4. The zero-order valence-electron chi connectivity index (χ0n) is 10.3. The van der Waals surface area contributed by atoms with Gasteiger partial charge in [-0.25, -0.2) is 5.43 Å². The molecule has 104 valence electrons. The van der Waals surface area contributed by atoms with Gasteiger partial charge in [-0.05, 0) is 45.6 Å². The van der Waals surface area contributed by atoms with Crippen molar-refractivity contribution >= 4 is 61.0 Å². The molecule has 7 heteroatoms. The van der Waals surface area contributed by atoms with E-state index in [-0.39, 0.29) is 12.5 Å². The molecular formula is C13H11Br2N3OS. The fourth-order valence-electron chi connectivity index (χ4n) is 1.38. The number of benzene rings is 1. The minimum atomic E-state index is -0.201. The minimum absolute atomic E-state index is 0.155. The van der Waals surface area contributed by atoms with Crippen molar-refractivity contribution in [2.24, 2.45) is 5.10 Å². The number of nitrogens with one attached hydrogen (secondary N) is 2. The third kappa shape index (κ3) is 4.73. The molecule has 0 bridgehead atoms. The molecule has 0 unspecified atom stereocenters. The lowest BCUT2D eigenvalue weighted by Crippen LogP contribution is -2.25. The van der Waals surface area contributed by atoms with Crippen LogP contribution in [0.4, 0.5) is 5.69 Å². The molecule has 0 fully saturated rings. The topological polar surface area (TPSA) is 53.5 Å². The second kappa shape index (κ2) is 7.56. The van der Waals surface area contributed by atoms with Gasteiger partial charge in [0.25, 0.3) is 5.91 Å². The molecule has 1 amide bonds. The van der Waals surface area contributed by atoms with Crippen LogP contribution in [-0.2, 0) is 4.79 Å². The van der Waals surface area contributed by atoms with E-state index in [1.54, 1.807) is 17.6 Å². The van der Waals surface area contributed by atoms with Gasteiger partial charge in [0.05, 0.1) is 12.8 Å². The molecule has 20 heavy (non-hydrogen) atoms. The van der Waals surface area contributed by atoms with E-state index in [0.717, 1.165) is 19.5 Å². The zero-order chi connectivity index (χ0) is 14.4. The first kappa shape index (κ1) is 15.2. The third-order valence-corrected chi connectivity index (χ3v) is 4.25. The van der Waals surface area contributed by atoms with E-state index >= 15 is 0 Å². The molecule has 0 spiro atoms. The molecule has 0 saturated carbocycles. The van der Waals surface area contributed by atoms with Gasteiger partial charge in [0.15, 0.2) is 0 Å². The maximum Gasteiger partial charge on any atom is 0.259 e. The number of amides is 1. The molecule has 2 rings (SSSR count).